The maximum absolute atomic E-state index is 12.7. The van der Waals surface area contributed by atoms with Crippen molar-refractivity contribution < 1.29 is 4.79 Å². The number of hydrogen-bond donors (Lipinski definition) is 0. The lowest BCUT2D eigenvalue weighted by Gasteiger charge is -2.32. The molecule has 0 N–H and O–H groups in total. The number of likely N-dealkylation sites (tertiary alicyclic amines) is 1. The molecule has 6 nitrogen and oxygen atoms in total. The molecule has 0 bridgehead atoms. The maximum atomic E-state index is 12.7. The van der Waals surface area contributed by atoms with Crippen LogP contribution in [0, 0.1) is 13.8 Å². The van der Waals surface area contributed by atoms with Gasteiger partial charge in [-0.05, 0) is 32.8 Å². The molecule has 1 aliphatic rings. The summed E-state index contributed by atoms with van der Waals surface area (Å²) < 4.78 is 1.85. The van der Waals surface area contributed by atoms with Gasteiger partial charge in [0.15, 0.2) is 0 Å². The van der Waals surface area contributed by atoms with Crippen molar-refractivity contribution in [2.45, 2.75) is 39.0 Å². The highest BCUT2D eigenvalue weighted by Crippen LogP contribution is 2.26. The van der Waals surface area contributed by atoms with Gasteiger partial charge in [-0.1, -0.05) is 0 Å². The smallest absolute Gasteiger partial charge is 0.227 e. The Kier molecular flexibility index (Phi) is 4.41. The fourth-order valence-corrected chi connectivity index (χ4v) is 3.32. The number of aryl methyl sites for hydroxylation is 2. The third kappa shape index (κ3) is 3.25. The minimum atomic E-state index is 0.183. The van der Waals surface area contributed by atoms with Crippen LogP contribution >= 0.6 is 0 Å². The van der Waals surface area contributed by atoms with Gasteiger partial charge in [0.25, 0.3) is 0 Å². The predicted molar refractivity (Wildman–Crippen MR) is 87.0 cm³/mol. The Labute approximate surface area is 136 Å². The molecule has 0 aliphatic carbocycles. The second-order valence-corrected chi connectivity index (χ2v) is 6.26. The number of amides is 1. The summed E-state index contributed by atoms with van der Waals surface area (Å²) in [7, 11) is 1.92. The van der Waals surface area contributed by atoms with Gasteiger partial charge in [-0.25, -0.2) is 9.97 Å². The molecule has 3 heterocycles. The Hall–Kier alpha value is -2.24. The van der Waals surface area contributed by atoms with Crippen molar-refractivity contribution in [3.63, 3.8) is 0 Å². The highest BCUT2D eigenvalue weighted by atomic mass is 16.2. The van der Waals surface area contributed by atoms with E-state index in [4.69, 9.17) is 0 Å². The number of rotatable bonds is 3. The van der Waals surface area contributed by atoms with Crippen LogP contribution in [0.15, 0.2) is 18.6 Å². The zero-order valence-corrected chi connectivity index (χ0v) is 14.0. The first kappa shape index (κ1) is 15.6. The molecule has 1 amide bonds. The molecule has 122 valence electrons. The molecule has 1 unspecified atom stereocenters. The van der Waals surface area contributed by atoms with Crippen LogP contribution < -0.4 is 0 Å². The minimum absolute atomic E-state index is 0.183. The molecule has 23 heavy (non-hydrogen) atoms. The Morgan fingerprint density at radius 1 is 1.39 bits per heavy atom. The van der Waals surface area contributed by atoms with Crippen molar-refractivity contribution in [3.8, 4) is 0 Å². The monoisotopic (exact) mass is 313 g/mol. The number of carbonyl (C=O) groups is 1. The molecule has 0 saturated carbocycles. The van der Waals surface area contributed by atoms with Crippen LogP contribution in [0.1, 0.15) is 41.4 Å². The summed E-state index contributed by atoms with van der Waals surface area (Å²) in [5.41, 5.74) is 4.11. The predicted octanol–water partition coefficient (Wildman–Crippen LogP) is 1.78. The summed E-state index contributed by atoms with van der Waals surface area (Å²) in [4.78, 5) is 23.0. The molecule has 6 heteroatoms. The van der Waals surface area contributed by atoms with E-state index in [9.17, 15) is 4.79 Å². The van der Waals surface area contributed by atoms with E-state index in [1.165, 1.54) is 0 Å². The third-order valence-electron chi connectivity index (χ3n) is 4.78. The van der Waals surface area contributed by atoms with Crippen LogP contribution in [-0.4, -0.2) is 43.6 Å². The first-order valence-electron chi connectivity index (χ1n) is 8.09. The van der Waals surface area contributed by atoms with Crippen LogP contribution in [0.3, 0.4) is 0 Å². The van der Waals surface area contributed by atoms with Gasteiger partial charge in [0, 0.05) is 49.2 Å². The van der Waals surface area contributed by atoms with Crippen molar-refractivity contribution in [1.82, 2.24) is 24.6 Å². The van der Waals surface area contributed by atoms with Gasteiger partial charge >= 0.3 is 0 Å². The highest BCUT2D eigenvalue weighted by Gasteiger charge is 2.26. The summed E-state index contributed by atoms with van der Waals surface area (Å²) >= 11 is 0. The molecule has 1 aliphatic heterocycles. The quantitative estimate of drug-likeness (QED) is 0.866. The van der Waals surface area contributed by atoms with E-state index >= 15 is 0 Å². The average molecular weight is 313 g/mol. The zero-order chi connectivity index (χ0) is 16.4. The van der Waals surface area contributed by atoms with Crippen LogP contribution in [0.25, 0.3) is 0 Å². The second kappa shape index (κ2) is 6.48. The van der Waals surface area contributed by atoms with Crippen LogP contribution in [0.5, 0.6) is 0 Å². The van der Waals surface area contributed by atoms with Crippen molar-refractivity contribution >= 4 is 5.91 Å². The van der Waals surface area contributed by atoms with E-state index in [-0.39, 0.29) is 5.91 Å². The third-order valence-corrected chi connectivity index (χ3v) is 4.78. The maximum Gasteiger partial charge on any atom is 0.227 e. The number of carbonyl (C=O) groups excluding carboxylic acids is 1. The summed E-state index contributed by atoms with van der Waals surface area (Å²) in [5.74, 6) is 0.495. The largest absolute Gasteiger partial charge is 0.342 e. The summed E-state index contributed by atoms with van der Waals surface area (Å²) in [6.45, 7) is 5.56. The first-order valence-corrected chi connectivity index (χ1v) is 8.09. The first-order chi connectivity index (χ1) is 11.1. The van der Waals surface area contributed by atoms with Crippen molar-refractivity contribution in [1.29, 1.82) is 0 Å². The molecule has 1 atom stereocenters. The summed E-state index contributed by atoms with van der Waals surface area (Å²) in [6, 6.07) is 1.95. The molecular formula is C17H23N5O. The fourth-order valence-electron chi connectivity index (χ4n) is 3.32. The fraction of sp³-hybridized carbons (Fsp3) is 0.529. The van der Waals surface area contributed by atoms with Gasteiger partial charge in [-0.15, -0.1) is 0 Å². The summed E-state index contributed by atoms with van der Waals surface area (Å²) in [6.07, 6.45) is 5.88. The van der Waals surface area contributed by atoms with Crippen LogP contribution in [0.2, 0.25) is 0 Å². The summed E-state index contributed by atoms with van der Waals surface area (Å²) in [5, 5.41) is 4.40. The van der Waals surface area contributed by atoms with Crippen LogP contribution in [0.4, 0.5) is 0 Å². The van der Waals surface area contributed by atoms with E-state index < -0.39 is 0 Å². The number of aromatic nitrogens is 4. The standard InChI is InChI=1S/C17H23N5O/c1-12-15(13(2)21(3)20-12)9-17(23)22-8-4-5-14(10-22)16-6-7-18-11-19-16/h6-7,11,14H,4-5,8-10H2,1-3H3. The van der Waals surface area contributed by atoms with Crippen LogP contribution in [-0.2, 0) is 18.3 Å². The molecule has 0 radical (unpaired) electrons. The van der Waals surface area contributed by atoms with E-state index in [0.29, 0.717) is 12.3 Å². The minimum Gasteiger partial charge on any atom is -0.342 e. The van der Waals surface area contributed by atoms with Crippen molar-refractivity contribution in [2.24, 2.45) is 7.05 Å². The Morgan fingerprint density at radius 2 is 2.22 bits per heavy atom. The van der Waals surface area contributed by atoms with Gasteiger partial charge in [0.1, 0.15) is 6.33 Å². The second-order valence-electron chi connectivity index (χ2n) is 6.26. The van der Waals surface area contributed by atoms with E-state index in [2.05, 4.69) is 15.1 Å². The molecule has 1 saturated heterocycles. The number of piperidine rings is 1. The normalized spacial score (nSPS) is 18.2. The molecule has 0 spiro atoms. The lowest BCUT2D eigenvalue weighted by atomic mass is 9.94. The lowest BCUT2D eigenvalue weighted by Crippen LogP contribution is -2.40. The van der Waals surface area contributed by atoms with Gasteiger partial charge in [-0.3, -0.25) is 9.48 Å². The van der Waals surface area contributed by atoms with Gasteiger partial charge in [0.05, 0.1) is 12.1 Å². The number of nitrogens with zero attached hydrogens (tertiary/aromatic N) is 5. The Balaban J connectivity index is 1.70. The number of hydrogen-bond acceptors (Lipinski definition) is 4. The zero-order valence-electron chi connectivity index (χ0n) is 14.0. The topological polar surface area (TPSA) is 63.9 Å². The van der Waals surface area contributed by atoms with Crippen molar-refractivity contribution in [3.05, 3.63) is 41.2 Å². The van der Waals surface area contributed by atoms with Gasteiger partial charge in [0.2, 0.25) is 5.91 Å². The van der Waals surface area contributed by atoms with Gasteiger partial charge < -0.3 is 4.90 Å². The lowest BCUT2D eigenvalue weighted by molar-refractivity contribution is -0.131. The van der Waals surface area contributed by atoms with E-state index in [0.717, 1.165) is 48.6 Å². The van der Waals surface area contributed by atoms with Gasteiger partial charge in [-0.2, -0.15) is 5.10 Å². The molecule has 0 aromatic carbocycles. The van der Waals surface area contributed by atoms with Crippen molar-refractivity contribution in [2.75, 3.05) is 13.1 Å². The highest BCUT2D eigenvalue weighted by molar-refractivity contribution is 5.79. The molecule has 1 fully saturated rings. The SMILES string of the molecule is Cc1nn(C)c(C)c1CC(=O)N1CCCC(c2ccncn2)C1. The average Bonchev–Trinajstić information content (AvgIpc) is 2.82. The Morgan fingerprint density at radius 3 is 2.87 bits per heavy atom. The molecular weight excluding hydrogens is 290 g/mol. The van der Waals surface area contributed by atoms with E-state index in [1.807, 2.05) is 36.5 Å². The molecule has 3 rings (SSSR count). The molecule has 2 aromatic rings. The Bertz CT molecular complexity index is 695. The van der Waals surface area contributed by atoms with E-state index in [1.54, 1.807) is 12.5 Å². The molecule has 2 aromatic heterocycles.